The molecule has 26 heavy (non-hydrogen) atoms. The summed E-state index contributed by atoms with van der Waals surface area (Å²) < 4.78 is 0. The van der Waals surface area contributed by atoms with Gasteiger partial charge in [0, 0.05) is 44.0 Å². The number of hydrogen-bond acceptors (Lipinski definition) is 3. The van der Waals surface area contributed by atoms with E-state index in [-0.39, 0.29) is 11.8 Å². The number of hydrogen-bond donors (Lipinski definition) is 1. The van der Waals surface area contributed by atoms with Crippen LogP contribution in [-0.4, -0.2) is 54.3 Å². The zero-order chi connectivity index (χ0) is 18.4. The highest BCUT2D eigenvalue weighted by molar-refractivity contribution is 6.00. The Morgan fingerprint density at radius 3 is 2.08 bits per heavy atom. The number of amides is 2. The van der Waals surface area contributed by atoms with E-state index < -0.39 is 0 Å². The van der Waals surface area contributed by atoms with Crippen molar-refractivity contribution in [1.82, 2.24) is 9.80 Å². The third kappa shape index (κ3) is 4.04. The summed E-state index contributed by atoms with van der Waals surface area (Å²) in [4.78, 5) is 29.1. The second kappa shape index (κ2) is 8.52. The first-order chi connectivity index (χ1) is 12.7. The highest BCUT2D eigenvalue weighted by Crippen LogP contribution is 2.19. The van der Waals surface area contributed by atoms with Gasteiger partial charge in [0.15, 0.2) is 0 Å². The van der Waals surface area contributed by atoms with Crippen molar-refractivity contribution in [3.8, 4) is 0 Å². The molecule has 0 atom stereocenters. The van der Waals surface area contributed by atoms with Crippen LogP contribution in [0.3, 0.4) is 0 Å². The fourth-order valence-electron chi connectivity index (χ4n) is 3.13. The Labute approximate surface area is 154 Å². The molecule has 3 rings (SSSR count). The zero-order valence-electron chi connectivity index (χ0n) is 15.1. The molecule has 0 aliphatic carbocycles. The highest BCUT2D eigenvalue weighted by Gasteiger charge is 2.26. The second-order valence-corrected chi connectivity index (χ2v) is 6.42. The van der Waals surface area contributed by atoms with Crippen molar-refractivity contribution in [3.05, 3.63) is 65.7 Å². The molecule has 1 N–H and O–H groups in total. The fourth-order valence-corrected chi connectivity index (χ4v) is 3.13. The van der Waals surface area contributed by atoms with E-state index in [1.165, 1.54) is 0 Å². The lowest BCUT2D eigenvalue weighted by Gasteiger charge is -2.35. The topological polar surface area (TPSA) is 52.7 Å². The molecular weight excluding hydrogens is 326 g/mol. The van der Waals surface area contributed by atoms with Gasteiger partial charge >= 0.3 is 0 Å². The quantitative estimate of drug-likeness (QED) is 0.900. The molecule has 1 aliphatic heterocycles. The molecule has 0 bridgehead atoms. The van der Waals surface area contributed by atoms with Gasteiger partial charge in [-0.25, -0.2) is 0 Å². The Morgan fingerprint density at radius 1 is 0.846 bits per heavy atom. The highest BCUT2D eigenvalue weighted by atomic mass is 16.2. The smallest absolute Gasteiger partial charge is 0.256 e. The van der Waals surface area contributed by atoms with Crippen LogP contribution in [0, 0.1) is 0 Å². The van der Waals surface area contributed by atoms with E-state index in [1.807, 2.05) is 64.4 Å². The Morgan fingerprint density at radius 2 is 1.42 bits per heavy atom. The summed E-state index contributed by atoms with van der Waals surface area (Å²) in [6, 6.07) is 16.9. The molecule has 0 saturated carbocycles. The molecule has 1 fully saturated rings. The lowest BCUT2D eigenvalue weighted by atomic mass is 10.1. The molecule has 0 unspecified atom stereocenters. The fraction of sp³-hybridized carbons (Fsp3) is 0.333. The summed E-state index contributed by atoms with van der Waals surface area (Å²) >= 11 is 0. The maximum atomic E-state index is 12.9. The van der Waals surface area contributed by atoms with Crippen molar-refractivity contribution in [2.45, 2.75) is 13.3 Å². The van der Waals surface area contributed by atoms with Crippen LogP contribution >= 0.6 is 0 Å². The minimum absolute atomic E-state index is 0.0241. The van der Waals surface area contributed by atoms with Crippen molar-refractivity contribution in [2.75, 3.05) is 38.0 Å². The van der Waals surface area contributed by atoms with Gasteiger partial charge in [0.25, 0.3) is 11.8 Å². The predicted molar refractivity (Wildman–Crippen MR) is 103 cm³/mol. The van der Waals surface area contributed by atoms with Gasteiger partial charge in [-0.2, -0.15) is 0 Å². The molecule has 1 heterocycles. The molecule has 136 valence electrons. The van der Waals surface area contributed by atoms with Crippen molar-refractivity contribution >= 4 is 17.5 Å². The van der Waals surface area contributed by atoms with Gasteiger partial charge in [-0.1, -0.05) is 37.3 Å². The van der Waals surface area contributed by atoms with E-state index in [1.54, 1.807) is 0 Å². The molecule has 2 aromatic rings. The Balaban J connectivity index is 1.63. The van der Waals surface area contributed by atoms with E-state index in [4.69, 9.17) is 0 Å². The van der Waals surface area contributed by atoms with Crippen LogP contribution in [0.25, 0.3) is 0 Å². The standard InChI is InChI=1S/C21H25N3O2/c1-2-12-22-19-11-7-6-10-18(19)21(26)24-15-13-23(14-16-24)20(25)17-8-4-3-5-9-17/h3-11,22H,2,12-16H2,1H3. The normalized spacial score (nSPS) is 14.2. The predicted octanol–water partition coefficient (Wildman–Crippen LogP) is 3.11. The van der Waals surface area contributed by atoms with Crippen molar-refractivity contribution in [3.63, 3.8) is 0 Å². The number of piperazine rings is 1. The molecule has 1 saturated heterocycles. The first-order valence-electron chi connectivity index (χ1n) is 9.17. The van der Waals surface area contributed by atoms with Gasteiger partial charge in [-0.3, -0.25) is 9.59 Å². The second-order valence-electron chi connectivity index (χ2n) is 6.42. The Kier molecular flexibility index (Phi) is 5.89. The van der Waals surface area contributed by atoms with E-state index in [9.17, 15) is 9.59 Å². The lowest BCUT2D eigenvalue weighted by Crippen LogP contribution is -2.50. The maximum absolute atomic E-state index is 12.9. The number of carbonyl (C=O) groups is 2. The number of rotatable bonds is 5. The largest absolute Gasteiger partial charge is 0.384 e. The molecule has 5 nitrogen and oxygen atoms in total. The molecule has 0 radical (unpaired) electrons. The number of nitrogens with zero attached hydrogens (tertiary/aromatic N) is 2. The molecule has 5 heteroatoms. The van der Waals surface area contributed by atoms with Crippen LogP contribution in [-0.2, 0) is 0 Å². The summed E-state index contributed by atoms with van der Waals surface area (Å²) in [5.41, 5.74) is 2.27. The van der Waals surface area contributed by atoms with Gasteiger partial charge in [0.2, 0.25) is 0 Å². The van der Waals surface area contributed by atoms with Crippen LogP contribution < -0.4 is 5.32 Å². The van der Waals surface area contributed by atoms with Crippen LogP contribution in [0.2, 0.25) is 0 Å². The van der Waals surface area contributed by atoms with E-state index in [0.29, 0.717) is 37.3 Å². The molecule has 0 spiro atoms. The Bertz CT molecular complexity index is 753. The number of benzene rings is 2. The SMILES string of the molecule is CCCNc1ccccc1C(=O)N1CCN(C(=O)c2ccccc2)CC1. The van der Waals surface area contributed by atoms with Crippen LogP contribution in [0.15, 0.2) is 54.6 Å². The van der Waals surface area contributed by atoms with Crippen molar-refractivity contribution in [2.24, 2.45) is 0 Å². The molecule has 0 aromatic heterocycles. The lowest BCUT2D eigenvalue weighted by molar-refractivity contribution is 0.0536. The summed E-state index contributed by atoms with van der Waals surface area (Å²) in [6.45, 7) is 5.16. The third-order valence-corrected chi connectivity index (χ3v) is 4.60. The van der Waals surface area contributed by atoms with Gasteiger partial charge in [0.05, 0.1) is 5.56 Å². The molecule has 2 aromatic carbocycles. The number of anilines is 1. The van der Waals surface area contributed by atoms with Crippen LogP contribution in [0.4, 0.5) is 5.69 Å². The number of carbonyl (C=O) groups excluding carboxylic acids is 2. The maximum Gasteiger partial charge on any atom is 0.256 e. The monoisotopic (exact) mass is 351 g/mol. The molecule has 1 aliphatic rings. The summed E-state index contributed by atoms with van der Waals surface area (Å²) in [7, 11) is 0. The first kappa shape index (κ1) is 18.0. The minimum atomic E-state index is 0.0241. The first-order valence-corrected chi connectivity index (χ1v) is 9.17. The van der Waals surface area contributed by atoms with E-state index in [0.717, 1.165) is 18.7 Å². The van der Waals surface area contributed by atoms with E-state index >= 15 is 0 Å². The molecule has 2 amide bonds. The minimum Gasteiger partial charge on any atom is -0.384 e. The van der Waals surface area contributed by atoms with E-state index in [2.05, 4.69) is 12.2 Å². The van der Waals surface area contributed by atoms with Gasteiger partial charge < -0.3 is 15.1 Å². The summed E-state index contributed by atoms with van der Waals surface area (Å²) in [6.07, 6.45) is 1.00. The van der Waals surface area contributed by atoms with Gasteiger partial charge in [-0.05, 0) is 30.7 Å². The third-order valence-electron chi connectivity index (χ3n) is 4.60. The average molecular weight is 351 g/mol. The van der Waals surface area contributed by atoms with Gasteiger partial charge in [-0.15, -0.1) is 0 Å². The summed E-state index contributed by atoms with van der Waals surface area (Å²) in [5, 5.41) is 3.32. The van der Waals surface area contributed by atoms with Gasteiger partial charge in [0.1, 0.15) is 0 Å². The number of para-hydroxylation sites is 1. The number of nitrogens with one attached hydrogen (secondary N) is 1. The Hall–Kier alpha value is -2.82. The zero-order valence-corrected chi connectivity index (χ0v) is 15.1. The van der Waals surface area contributed by atoms with Crippen LogP contribution in [0.1, 0.15) is 34.1 Å². The van der Waals surface area contributed by atoms with Crippen molar-refractivity contribution in [1.29, 1.82) is 0 Å². The molecular formula is C21H25N3O2. The average Bonchev–Trinajstić information content (AvgIpc) is 2.72. The summed E-state index contributed by atoms with van der Waals surface area (Å²) in [5.74, 6) is 0.0544. The van der Waals surface area contributed by atoms with Crippen molar-refractivity contribution < 1.29 is 9.59 Å². The van der Waals surface area contributed by atoms with Crippen LogP contribution in [0.5, 0.6) is 0 Å².